The van der Waals surface area contributed by atoms with E-state index in [1.807, 2.05) is 0 Å². The number of rotatable bonds is 19. The Morgan fingerprint density at radius 2 is 1.39 bits per heavy atom. The first-order valence-corrected chi connectivity index (χ1v) is 27.0. The number of unbranched alkanes of at least 4 members (excludes halogenated alkanes) is 2. The van der Waals surface area contributed by atoms with E-state index in [2.05, 4.69) is 26.3 Å². The van der Waals surface area contributed by atoms with E-state index in [-0.39, 0.29) is 83.7 Å². The lowest BCUT2D eigenvalue weighted by Crippen LogP contribution is -2.66. The number of ketones is 2. The van der Waals surface area contributed by atoms with Gasteiger partial charge in [-0.05, 0) is 133 Å². The highest BCUT2D eigenvalue weighted by atomic mass is 32.1. The third kappa shape index (κ3) is 10.1. The maximum absolute atomic E-state index is 15.8. The number of fused-ring (bicyclic) bond motifs is 2. The number of likely N-dealkylation sites (tertiary alicyclic amines) is 2. The van der Waals surface area contributed by atoms with Crippen LogP contribution in [0.3, 0.4) is 0 Å². The Hall–Kier alpha value is -3.68. The number of carbonyl (C=O) groups is 6. The summed E-state index contributed by atoms with van der Waals surface area (Å²) in [4.78, 5) is 103. The summed E-state index contributed by atoms with van der Waals surface area (Å²) >= 11 is 2.48. The molecule has 11 atom stereocenters. The number of amides is 4. The zero-order chi connectivity index (χ0) is 46.2. The lowest BCUT2D eigenvalue weighted by atomic mass is 9.71. The van der Waals surface area contributed by atoms with Gasteiger partial charge in [0.15, 0.2) is 11.3 Å². The van der Waals surface area contributed by atoms with E-state index in [9.17, 15) is 14.4 Å². The van der Waals surface area contributed by atoms with E-state index in [0.717, 1.165) is 64.3 Å². The minimum atomic E-state index is -1.94. The van der Waals surface area contributed by atoms with Crippen LogP contribution >= 0.6 is 22.7 Å². The van der Waals surface area contributed by atoms with Crippen molar-refractivity contribution in [2.24, 2.45) is 41.1 Å². The van der Waals surface area contributed by atoms with Crippen LogP contribution in [0.25, 0.3) is 0 Å². The minimum absolute atomic E-state index is 0.0376. The van der Waals surface area contributed by atoms with Crippen molar-refractivity contribution in [2.45, 2.75) is 158 Å². The maximum atomic E-state index is 15.8. The first kappa shape index (κ1) is 48.8. The van der Waals surface area contributed by atoms with Crippen molar-refractivity contribution < 1.29 is 28.8 Å². The second kappa shape index (κ2) is 22.6. The smallest absolute Gasteiger partial charge is 0.254 e. The molecule has 2 aliphatic carbocycles. The molecule has 8 rings (SSSR count). The fraction of sp³-hybridized carbons (Fsp3) is 0.750. The molecule has 16 nitrogen and oxygen atoms in total. The van der Waals surface area contributed by atoms with Crippen LogP contribution in [0.5, 0.6) is 0 Å². The van der Waals surface area contributed by atoms with Gasteiger partial charge in [0.25, 0.3) is 5.91 Å². The van der Waals surface area contributed by atoms with E-state index in [4.69, 9.17) is 16.5 Å². The van der Waals surface area contributed by atoms with Crippen molar-refractivity contribution in [1.82, 2.24) is 41.0 Å². The first-order chi connectivity index (χ1) is 32.2. The first-order valence-electron chi connectivity index (χ1n) is 25.1. The number of piperidine rings is 2. The molecule has 0 bridgehead atoms. The fourth-order valence-corrected chi connectivity index (χ4v) is 14.2. The largest absolute Gasteiger partial charge is 0.344 e. The Labute approximate surface area is 397 Å². The van der Waals surface area contributed by atoms with E-state index in [0.29, 0.717) is 76.5 Å². The minimum Gasteiger partial charge on any atom is -0.344 e. The Kier molecular flexibility index (Phi) is 16.7. The molecule has 4 aliphatic heterocycles. The van der Waals surface area contributed by atoms with Crippen LogP contribution in [-0.2, 0) is 29.5 Å². The number of nitrogens with zero attached hydrogens (tertiary/aromatic N) is 4. The molecule has 6 aliphatic rings. The van der Waals surface area contributed by atoms with Crippen molar-refractivity contribution in [3.63, 3.8) is 0 Å². The van der Waals surface area contributed by atoms with Crippen LogP contribution in [-0.4, -0.2) is 124 Å². The van der Waals surface area contributed by atoms with E-state index in [1.165, 1.54) is 29.1 Å². The fourth-order valence-electron chi connectivity index (χ4n) is 12.8. The van der Waals surface area contributed by atoms with Gasteiger partial charge in [-0.2, -0.15) is 0 Å². The third-order valence-corrected chi connectivity index (χ3v) is 17.6. The van der Waals surface area contributed by atoms with Crippen molar-refractivity contribution in [2.75, 3.05) is 39.3 Å². The zero-order valence-corrected chi connectivity index (χ0v) is 40.1. The standard InChI is InChI=1S/C48H72N10O6S2/c49-20-7-5-14-35(55-43(61)38-16-9-25-57(38)44(62)39-32-12-3-1-10-30(32)17-22-51-39)41(59)34-19-26-58(45(63)40-33-13-4-2-11-31(33)18-23-52-40)48(34,47-53-24-27-66-47)46(64)56-36(15-6-8-21-50)42(60)37-28-65-29-54-37/h24,27-36,38-40,51-52H,1-23,25-26,49-50H2,(H,55,61)(H,56,64)/t30?,31?,32?,33?,34?,35?,36?,38-,39-,40+,48+/m0/s1. The van der Waals surface area contributed by atoms with Gasteiger partial charge in [-0.15, -0.1) is 22.7 Å². The molecule has 0 spiro atoms. The lowest BCUT2D eigenvalue weighted by Gasteiger charge is -2.46. The maximum Gasteiger partial charge on any atom is 0.254 e. The molecule has 6 heterocycles. The monoisotopic (exact) mass is 949 g/mol. The number of nitrogens with two attached hydrogens (primary N) is 2. The molecule has 2 saturated carbocycles. The Bertz CT molecular complexity index is 1980. The van der Waals surface area contributed by atoms with Crippen molar-refractivity contribution in [1.29, 1.82) is 0 Å². The van der Waals surface area contributed by atoms with Crippen molar-refractivity contribution in [3.8, 4) is 0 Å². The van der Waals surface area contributed by atoms with Gasteiger partial charge in [0, 0.05) is 30.0 Å². The summed E-state index contributed by atoms with van der Waals surface area (Å²) in [6.07, 6.45) is 16.3. The summed E-state index contributed by atoms with van der Waals surface area (Å²) in [5, 5.41) is 17.0. The highest BCUT2D eigenvalue weighted by Gasteiger charge is 2.64. The number of hydrogen-bond donors (Lipinski definition) is 6. The Morgan fingerprint density at radius 1 is 0.742 bits per heavy atom. The van der Waals surface area contributed by atoms with Gasteiger partial charge < -0.3 is 42.5 Å². The molecule has 7 unspecified atom stereocenters. The van der Waals surface area contributed by atoms with Gasteiger partial charge in [0.1, 0.15) is 16.7 Å². The average molecular weight is 949 g/mol. The average Bonchev–Trinajstić information content (AvgIpc) is 4.20. The normalized spacial score (nSPS) is 30.8. The quantitative estimate of drug-likeness (QED) is 0.0876. The van der Waals surface area contributed by atoms with Gasteiger partial charge >= 0.3 is 0 Å². The summed E-state index contributed by atoms with van der Waals surface area (Å²) in [5.74, 6) is -1.99. The molecule has 2 aromatic heterocycles. The summed E-state index contributed by atoms with van der Waals surface area (Å²) in [6, 6.07) is -3.69. The molecule has 66 heavy (non-hydrogen) atoms. The number of thiazole rings is 2. The third-order valence-electron chi connectivity index (χ3n) is 16.1. The molecular formula is C48H72N10O6S2. The van der Waals surface area contributed by atoms with Crippen LogP contribution < -0.4 is 32.7 Å². The molecule has 0 radical (unpaired) electrons. The lowest BCUT2D eigenvalue weighted by molar-refractivity contribution is -0.154. The van der Waals surface area contributed by atoms with Crippen LogP contribution in [0.4, 0.5) is 0 Å². The zero-order valence-electron chi connectivity index (χ0n) is 38.5. The summed E-state index contributed by atoms with van der Waals surface area (Å²) in [7, 11) is 0. The number of aromatic nitrogens is 2. The number of carbonyl (C=O) groups excluding carboxylic acids is 6. The number of hydrogen-bond acceptors (Lipinski definition) is 14. The van der Waals surface area contributed by atoms with Crippen LogP contribution in [0, 0.1) is 29.6 Å². The highest BCUT2D eigenvalue weighted by Crippen LogP contribution is 2.48. The van der Waals surface area contributed by atoms with Crippen LogP contribution in [0.1, 0.15) is 137 Å². The molecule has 18 heteroatoms. The summed E-state index contributed by atoms with van der Waals surface area (Å²) in [6.45, 7) is 2.81. The van der Waals surface area contributed by atoms with E-state index >= 15 is 14.4 Å². The molecule has 8 N–H and O–H groups in total. The highest BCUT2D eigenvalue weighted by molar-refractivity contribution is 7.09. The van der Waals surface area contributed by atoms with Gasteiger partial charge in [-0.1, -0.05) is 38.5 Å². The number of nitrogens with one attached hydrogen (secondary N) is 4. The van der Waals surface area contributed by atoms with Crippen molar-refractivity contribution in [3.05, 3.63) is 33.2 Å². The molecule has 4 amide bonds. The summed E-state index contributed by atoms with van der Waals surface area (Å²) in [5.41, 5.74) is 11.7. The second-order valence-electron chi connectivity index (χ2n) is 19.8. The van der Waals surface area contributed by atoms with E-state index in [1.54, 1.807) is 32.3 Å². The molecule has 4 saturated heterocycles. The van der Waals surface area contributed by atoms with Gasteiger partial charge in [-0.25, -0.2) is 9.97 Å². The van der Waals surface area contributed by atoms with Gasteiger partial charge in [0.05, 0.1) is 35.6 Å². The molecule has 6 fully saturated rings. The van der Waals surface area contributed by atoms with Gasteiger partial charge in [-0.3, -0.25) is 28.8 Å². The predicted molar refractivity (Wildman–Crippen MR) is 253 cm³/mol. The van der Waals surface area contributed by atoms with Crippen molar-refractivity contribution >= 4 is 57.9 Å². The molecule has 362 valence electrons. The second-order valence-corrected chi connectivity index (χ2v) is 21.4. The van der Waals surface area contributed by atoms with Crippen LogP contribution in [0.15, 0.2) is 22.5 Å². The Balaban J connectivity index is 1.13. The van der Waals surface area contributed by atoms with Crippen LogP contribution in [0.2, 0.25) is 0 Å². The predicted octanol–water partition coefficient (Wildman–Crippen LogP) is 3.65. The van der Waals surface area contributed by atoms with Gasteiger partial charge in [0.2, 0.25) is 23.5 Å². The van der Waals surface area contributed by atoms with E-state index < -0.39 is 41.5 Å². The SMILES string of the molecule is NCCCCC(NC(=O)[C@@]1(c2nccs2)C(C(=O)C(CCCCN)NC(=O)[C@@H]2CCCN2C(=O)[C@H]2NCCC3CCCCC32)CCN1C(=O)[C@@H]1NCCC2CCCCC21)C(=O)c1cscn1. The molecular weight excluding hydrogens is 877 g/mol. The Morgan fingerprint density at radius 3 is 2.02 bits per heavy atom. The number of Topliss-reactive ketones (excluding diaryl/α,β-unsaturated/α-hetero) is 2. The topological polar surface area (TPSA) is 235 Å². The molecule has 2 aromatic rings. The summed E-state index contributed by atoms with van der Waals surface area (Å²) < 4.78 is 0. The molecule has 0 aromatic carbocycles.